The van der Waals surface area contributed by atoms with Crippen molar-refractivity contribution in [2.75, 3.05) is 18.5 Å². The molecule has 5 nitrogen and oxygen atoms in total. The van der Waals surface area contributed by atoms with Crippen molar-refractivity contribution in [2.45, 2.75) is 27.2 Å². The van der Waals surface area contributed by atoms with Crippen molar-refractivity contribution in [2.24, 2.45) is 5.92 Å². The number of amides is 1. The molecule has 0 heterocycles. The fraction of sp³-hybridized carbons (Fsp3) is 0.333. The number of anilines is 1. The molecule has 0 unspecified atom stereocenters. The molecule has 0 aromatic heterocycles. The van der Waals surface area contributed by atoms with Crippen molar-refractivity contribution in [1.82, 2.24) is 5.32 Å². The lowest BCUT2D eigenvalue weighted by Gasteiger charge is -2.11. The largest absolute Gasteiger partial charge is 0.494 e. The second-order valence-corrected chi connectivity index (χ2v) is 6.83. The summed E-state index contributed by atoms with van der Waals surface area (Å²) in [6, 6.07) is 14.4. The third-order valence-electron chi connectivity index (χ3n) is 3.73. The van der Waals surface area contributed by atoms with E-state index >= 15 is 0 Å². The standard InChI is InChI=1S/C21H26N2O3S/c1-4-25-18-9-5-16(6-10-18)20(24)23-21(27)22-17-7-11-19(12-8-17)26-14-13-15(2)3/h5-12,15H,4,13-14H2,1-3H3,(H2,22,23,24,27). The van der Waals surface area contributed by atoms with Gasteiger partial charge in [0.2, 0.25) is 0 Å². The zero-order chi connectivity index (χ0) is 19.6. The van der Waals surface area contributed by atoms with Crippen LogP contribution >= 0.6 is 12.2 Å². The Morgan fingerprint density at radius 1 is 1.00 bits per heavy atom. The van der Waals surface area contributed by atoms with Crippen LogP contribution in [-0.4, -0.2) is 24.2 Å². The maximum absolute atomic E-state index is 12.2. The number of hydrogen-bond donors (Lipinski definition) is 2. The highest BCUT2D eigenvalue weighted by atomic mass is 32.1. The quantitative estimate of drug-likeness (QED) is 0.648. The minimum Gasteiger partial charge on any atom is -0.494 e. The Morgan fingerprint density at radius 2 is 1.59 bits per heavy atom. The van der Waals surface area contributed by atoms with Gasteiger partial charge in [-0.3, -0.25) is 10.1 Å². The SMILES string of the molecule is CCOc1ccc(C(=O)NC(=S)Nc2ccc(OCCC(C)C)cc2)cc1. The van der Waals surface area contributed by atoms with Crippen LogP contribution in [0.4, 0.5) is 5.69 Å². The zero-order valence-corrected chi connectivity index (χ0v) is 16.8. The fourth-order valence-electron chi connectivity index (χ4n) is 2.25. The Morgan fingerprint density at radius 3 is 2.19 bits per heavy atom. The van der Waals surface area contributed by atoms with Gasteiger partial charge < -0.3 is 14.8 Å². The smallest absolute Gasteiger partial charge is 0.257 e. The summed E-state index contributed by atoms with van der Waals surface area (Å²) in [6.07, 6.45) is 1.02. The first-order valence-corrected chi connectivity index (χ1v) is 9.46. The fourth-order valence-corrected chi connectivity index (χ4v) is 2.46. The Labute approximate surface area is 166 Å². The van der Waals surface area contributed by atoms with Gasteiger partial charge in [-0.1, -0.05) is 13.8 Å². The number of hydrogen-bond acceptors (Lipinski definition) is 4. The molecule has 144 valence electrons. The first-order chi connectivity index (χ1) is 13.0. The highest BCUT2D eigenvalue weighted by molar-refractivity contribution is 7.80. The average molecular weight is 387 g/mol. The normalized spacial score (nSPS) is 10.4. The van der Waals surface area contributed by atoms with Crippen molar-refractivity contribution in [3.8, 4) is 11.5 Å². The molecule has 0 spiro atoms. The molecule has 0 aliphatic heterocycles. The van der Waals surface area contributed by atoms with Gasteiger partial charge in [-0.15, -0.1) is 0 Å². The molecular weight excluding hydrogens is 360 g/mol. The first-order valence-electron chi connectivity index (χ1n) is 9.06. The topological polar surface area (TPSA) is 59.6 Å². The number of carbonyl (C=O) groups excluding carboxylic acids is 1. The van der Waals surface area contributed by atoms with Crippen LogP contribution in [0.2, 0.25) is 0 Å². The van der Waals surface area contributed by atoms with Crippen LogP contribution in [-0.2, 0) is 0 Å². The van der Waals surface area contributed by atoms with E-state index in [4.69, 9.17) is 21.7 Å². The summed E-state index contributed by atoms with van der Waals surface area (Å²) in [5, 5.41) is 5.90. The lowest BCUT2D eigenvalue weighted by atomic mass is 10.1. The van der Waals surface area contributed by atoms with E-state index in [1.165, 1.54) is 0 Å². The van der Waals surface area contributed by atoms with Gasteiger partial charge >= 0.3 is 0 Å². The average Bonchev–Trinajstić information content (AvgIpc) is 2.63. The van der Waals surface area contributed by atoms with Gasteiger partial charge in [0.05, 0.1) is 13.2 Å². The summed E-state index contributed by atoms with van der Waals surface area (Å²) in [7, 11) is 0. The molecule has 2 aromatic rings. The van der Waals surface area contributed by atoms with Crippen LogP contribution in [0.15, 0.2) is 48.5 Å². The number of carbonyl (C=O) groups is 1. The van der Waals surface area contributed by atoms with Crippen LogP contribution in [0.1, 0.15) is 37.6 Å². The van der Waals surface area contributed by atoms with Gasteiger partial charge in [-0.25, -0.2) is 0 Å². The molecule has 2 rings (SSSR count). The van der Waals surface area contributed by atoms with Crippen LogP contribution < -0.4 is 20.1 Å². The second-order valence-electron chi connectivity index (χ2n) is 6.42. The van der Waals surface area contributed by atoms with Crippen LogP contribution in [0, 0.1) is 5.92 Å². The Bertz CT molecular complexity index is 743. The predicted molar refractivity (Wildman–Crippen MR) is 113 cm³/mol. The van der Waals surface area contributed by atoms with Crippen LogP contribution in [0.25, 0.3) is 0 Å². The van der Waals surface area contributed by atoms with Crippen molar-refractivity contribution >= 4 is 28.9 Å². The highest BCUT2D eigenvalue weighted by Crippen LogP contribution is 2.17. The minimum absolute atomic E-state index is 0.238. The molecule has 6 heteroatoms. The van der Waals surface area contributed by atoms with Gasteiger partial charge in [0.1, 0.15) is 11.5 Å². The lowest BCUT2D eigenvalue weighted by molar-refractivity contribution is 0.0977. The van der Waals surface area contributed by atoms with Gasteiger partial charge in [0, 0.05) is 11.3 Å². The summed E-state index contributed by atoms with van der Waals surface area (Å²) in [6.45, 7) is 7.52. The summed E-state index contributed by atoms with van der Waals surface area (Å²) in [5.74, 6) is 1.88. The van der Waals surface area contributed by atoms with Crippen LogP contribution in [0.3, 0.4) is 0 Å². The molecule has 27 heavy (non-hydrogen) atoms. The number of benzene rings is 2. The second kappa shape index (κ2) is 10.5. The van der Waals surface area contributed by atoms with E-state index in [-0.39, 0.29) is 11.0 Å². The molecule has 0 bridgehead atoms. The monoisotopic (exact) mass is 386 g/mol. The molecule has 2 N–H and O–H groups in total. The molecular formula is C21H26N2O3S. The van der Waals surface area contributed by atoms with Crippen molar-refractivity contribution < 1.29 is 14.3 Å². The first kappa shape index (κ1) is 20.7. The molecule has 0 aliphatic rings. The molecule has 1 amide bonds. The van der Waals surface area contributed by atoms with Crippen molar-refractivity contribution in [3.05, 3.63) is 54.1 Å². The number of ether oxygens (including phenoxy) is 2. The molecule has 2 aromatic carbocycles. The molecule has 0 atom stereocenters. The molecule has 0 fully saturated rings. The van der Waals surface area contributed by atoms with E-state index in [0.29, 0.717) is 24.7 Å². The Hall–Kier alpha value is -2.60. The summed E-state index contributed by atoms with van der Waals surface area (Å²) in [4.78, 5) is 12.2. The summed E-state index contributed by atoms with van der Waals surface area (Å²) in [5.41, 5.74) is 1.29. The van der Waals surface area contributed by atoms with E-state index in [1.807, 2.05) is 31.2 Å². The molecule has 0 saturated carbocycles. The maximum Gasteiger partial charge on any atom is 0.257 e. The molecule has 0 saturated heterocycles. The van der Waals surface area contributed by atoms with Crippen LogP contribution in [0.5, 0.6) is 11.5 Å². The van der Waals surface area contributed by atoms with Gasteiger partial charge in [-0.2, -0.15) is 0 Å². The van der Waals surface area contributed by atoms with E-state index in [0.717, 1.165) is 23.6 Å². The van der Waals surface area contributed by atoms with E-state index in [2.05, 4.69) is 24.5 Å². The van der Waals surface area contributed by atoms with E-state index in [9.17, 15) is 4.79 Å². The van der Waals surface area contributed by atoms with Gasteiger partial charge in [-0.05, 0) is 80.0 Å². The van der Waals surface area contributed by atoms with Gasteiger partial charge in [0.15, 0.2) is 5.11 Å². The highest BCUT2D eigenvalue weighted by Gasteiger charge is 2.08. The van der Waals surface area contributed by atoms with Crippen molar-refractivity contribution in [1.29, 1.82) is 0 Å². The minimum atomic E-state index is -0.274. The lowest BCUT2D eigenvalue weighted by Crippen LogP contribution is -2.34. The predicted octanol–water partition coefficient (Wildman–Crippen LogP) is 4.64. The molecule has 0 aliphatic carbocycles. The number of thiocarbonyl (C=S) groups is 1. The maximum atomic E-state index is 12.2. The summed E-state index contributed by atoms with van der Waals surface area (Å²) < 4.78 is 11.1. The number of rotatable bonds is 8. The Kier molecular flexibility index (Phi) is 8.07. The third kappa shape index (κ3) is 7.27. The van der Waals surface area contributed by atoms with E-state index in [1.54, 1.807) is 24.3 Å². The van der Waals surface area contributed by atoms with Gasteiger partial charge in [0.25, 0.3) is 5.91 Å². The zero-order valence-electron chi connectivity index (χ0n) is 16.0. The summed E-state index contributed by atoms with van der Waals surface area (Å²) >= 11 is 5.21. The van der Waals surface area contributed by atoms with E-state index < -0.39 is 0 Å². The third-order valence-corrected chi connectivity index (χ3v) is 3.93. The van der Waals surface area contributed by atoms with Crippen molar-refractivity contribution in [3.63, 3.8) is 0 Å². The Balaban J connectivity index is 1.83. The number of nitrogens with one attached hydrogen (secondary N) is 2. The molecule has 0 radical (unpaired) electrons.